The monoisotopic (exact) mass is 606 g/mol. The number of nitrogens with zero attached hydrogens (tertiary/aromatic N) is 2. The van der Waals surface area contributed by atoms with Gasteiger partial charge in [-0.3, -0.25) is 9.98 Å². The molecule has 0 aromatic heterocycles. The van der Waals surface area contributed by atoms with Crippen molar-refractivity contribution in [3.05, 3.63) is 105 Å². The van der Waals surface area contributed by atoms with E-state index in [4.69, 9.17) is 9.98 Å². The Balaban J connectivity index is 0.00000420. The average molecular weight is 607 g/mol. The van der Waals surface area contributed by atoms with Crippen molar-refractivity contribution >= 4 is 22.8 Å². The second kappa shape index (κ2) is 12.4. The van der Waals surface area contributed by atoms with Crippen LogP contribution < -0.4 is 0 Å². The third kappa shape index (κ3) is 6.38. The Morgan fingerprint density at radius 2 is 0.769 bits per heavy atom. The first-order valence-corrected chi connectivity index (χ1v) is 13.4. The van der Waals surface area contributed by atoms with Crippen LogP contribution in [0.2, 0.25) is 0 Å². The number of aliphatic imine (C=N–C) groups is 2. The second-order valence-electron chi connectivity index (χ2n) is 10.9. The van der Waals surface area contributed by atoms with E-state index >= 15 is 0 Å². The topological polar surface area (TPSA) is 24.7 Å². The van der Waals surface area contributed by atoms with Crippen molar-refractivity contribution in [3.63, 3.8) is 0 Å². The van der Waals surface area contributed by atoms with E-state index in [2.05, 4.69) is 130 Å². The summed E-state index contributed by atoms with van der Waals surface area (Å²) in [6.45, 7) is 21.5. The molecule has 204 valence electrons. The Kier molecular flexibility index (Phi) is 9.65. The van der Waals surface area contributed by atoms with Gasteiger partial charge < -0.3 is 0 Å². The third-order valence-corrected chi connectivity index (χ3v) is 7.47. The largest absolute Gasteiger partial charge is 0.251 e. The molecule has 0 aliphatic heterocycles. The summed E-state index contributed by atoms with van der Waals surface area (Å²) in [6.07, 6.45) is 0. The smallest absolute Gasteiger partial charge is 0.0741 e. The molecule has 0 saturated heterocycles. The minimum Gasteiger partial charge on any atom is -0.251 e. The molecule has 0 saturated carbocycles. The third-order valence-electron chi connectivity index (χ3n) is 7.47. The van der Waals surface area contributed by atoms with Gasteiger partial charge >= 0.3 is 0 Å². The summed E-state index contributed by atoms with van der Waals surface area (Å²) in [6, 6.07) is 22.0. The van der Waals surface area contributed by atoms with Gasteiger partial charge in [-0.1, -0.05) is 59.7 Å². The number of hydrogen-bond donors (Lipinski definition) is 0. The van der Waals surface area contributed by atoms with Gasteiger partial charge in [0.15, 0.2) is 0 Å². The standard InChI is InChI=1S/C36H40N2.Pd/c1-21-17-27(7)35(31(19-21)33-23(3)13-11-14-24(33)4)37-29(9)30(10)38-36-28(8)18-22(2)20-32(36)34-25(5)15-12-16-26(34)6;/h11-20H,1-10H3;. The summed E-state index contributed by atoms with van der Waals surface area (Å²) in [7, 11) is 0. The van der Waals surface area contributed by atoms with Gasteiger partial charge in [0.05, 0.1) is 22.8 Å². The molecule has 3 heteroatoms. The SMILES string of the molecule is CC(=Nc1c(C)cc(C)cc1-c1c(C)cccc1C)C(C)=Nc1c(C)cc(C)cc1-c1c(C)cccc1C.[Pd]. The summed E-state index contributed by atoms with van der Waals surface area (Å²) in [5, 5.41) is 0. The fourth-order valence-electron chi connectivity index (χ4n) is 5.57. The zero-order valence-electron chi connectivity index (χ0n) is 25.0. The zero-order valence-corrected chi connectivity index (χ0v) is 26.5. The Morgan fingerprint density at radius 3 is 1.08 bits per heavy atom. The van der Waals surface area contributed by atoms with E-state index in [9.17, 15) is 0 Å². The van der Waals surface area contributed by atoms with Crippen molar-refractivity contribution in [1.29, 1.82) is 0 Å². The van der Waals surface area contributed by atoms with Crippen LogP contribution >= 0.6 is 0 Å². The molecule has 4 aromatic carbocycles. The second-order valence-corrected chi connectivity index (χ2v) is 10.9. The van der Waals surface area contributed by atoms with Crippen LogP contribution in [0.4, 0.5) is 11.4 Å². The molecule has 0 aliphatic rings. The van der Waals surface area contributed by atoms with Gasteiger partial charge in [-0.05, 0) is 126 Å². The van der Waals surface area contributed by atoms with E-state index in [0.717, 1.165) is 22.8 Å². The van der Waals surface area contributed by atoms with Crippen molar-refractivity contribution in [2.45, 2.75) is 69.2 Å². The van der Waals surface area contributed by atoms with Crippen LogP contribution in [-0.2, 0) is 20.4 Å². The molecular weight excluding hydrogens is 567 g/mol. The number of rotatable bonds is 5. The maximum atomic E-state index is 5.22. The number of benzene rings is 4. The van der Waals surface area contributed by atoms with E-state index in [-0.39, 0.29) is 20.4 Å². The molecule has 0 unspecified atom stereocenters. The van der Waals surface area contributed by atoms with Crippen molar-refractivity contribution in [2.75, 3.05) is 0 Å². The Morgan fingerprint density at radius 1 is 0.462 bits per heavy atom. The van der Waals surface area contributed by atoms with Gasteiger partial charge in [-0.15, -0.1) is 0 Å². The molecule has 2 nitrogen and oxygen atoms in total. The summed E-state index contributed by atoms with van der Waals surface area (Å²) in [4.78, 5) is 10.4. The van der Waals surface area contributed by atoms with E-state index in [1.807, 2.05) is 0 Å². The summed E-state index contributed by atoms with van der Waals surface area (Å²) < 4.78 is 0. The molecule has 4 aromatic rings. The van der Waals surface area contributed by atoms with Crippen LogP contribution in [0, 0.1) is 55.4 Å². The first-order chi connectivity index (χ1) is 18.0. The van der Waals surface area contributed by atoms with E-state index in [1.165, 1.54) is 66.8 Å². The van der Waals surface area contributed by atoms with Crippen LogP contribution in [0.3, 0.4) is 0 Å². The average Bonchev–Trinajstić information content (AvgIpc) is 2.82. The number of hydrogen-bond acceptors (Lipinski definition) is 2. The normalized spacial score (nSPS) is 11.9. The molecule has 0 radical (unpaired) electrons. The van der Waals surface area contributed by atoms with Gasteiger partial charge in [-0.25, -0.2) is 0 Å². The van der Waals surface area contributed by atoms with Crippen LogP contribution in [0.25, 0.3) is 22.3 Å². The van der Waals surface area contributed by atoms with Crippen molar-refractivity contribution in [3.8, 4) is 22.3 Å². The maximum absolute atomic E-state index is 5.22. The summed E-state index contributed by atoms with van der Waals surface area (Å²) in [5.41, 5.74) is 18.7. The first kappa shape index (κ1) is 30.4. The summed E-state index contributed by atoms with van der Waals surface area (Å²) >= 11 is 0. The molecular formula is C36H40N2Pd. The predicted octanol–water partition coefficient (Wildman–Crippen LogP) is 10.4. The maximum Gasteiger partial charge on any atom is 0.0741 e. The van der Waals surface area contributed by atoms with Gasteiger partial charge in [0, 0.05) is 31.5 Å². The summed E-state index contributed by atoms with van der Waals surface area (Å²) in [5.74, 6) is 0. The van der Waals surface area contributed by atoms with E-state index in [1.54, 1.807) is 0 Å². The molecule has 0 spiro atoms. The Bertz CT molecular complexity index is 1440. The molecule has 0 aliphatic carbocycles. The van der Waals surface area contributed by atoms with Crippen LogP contribution in [-0.4, -0.2) is 11.4 Å². The van der Waals surface area contributed by atoms with E-state index in [0.29, 0.717) is 0 Å². The molecule has 39 heavy (non-hydrogen) atoms. The van der Waals surface area contributed by atoms with Gasteiger partial charge in [0.2, 0.25) is 0 Å². The zero-order chi connectivity index (χ0) is 27.7. The first-order valence-electron chi connectivity index (χ1n) is 13.4. The molecule has 0 amide bonds. The van der Waals surface area contributed by atoms with Gasteiger partial charge in [0.1, 0.15) is 0 Å². The molecule has 4 rings (SSSR count). The molecule has 0 heterocycles. The Labute approximate surface area is 249 Å². The van der Waals surface area contributed by atoms with Crippen LogP contribution in [0.15, 0.2) is 70.6 Å². The van der Waals surface area contributed by atoms with Gasteiger partial charge in [-0.2, -0.15) is 0 Å². The van der Waals surface area contributed by atoms with E-state index < -0.39 is 0 Å². The van der Waals surface area contributed by atoms with Crippen molar-refractivity contribution in [1.82, 2.24) is 0 Å². The van der Waals surface area contributed by atoms with Crippen molar-refractivity contribution < 1.29 is 20.4 Å². The minimum absolute atomic E-state index is 0. The number of aryl methyl sites for hydroxylation is 8. The fourth-order valence-corrected chi connectivity index (χ4v) is 5.57. The molecule has 0 N–H and O–H groups in total. The van der Waals surface area contributed by atoms with Crippen LogP contribution in [0.1, 0.15) is 58.4 Å². The molecule has 0 fully saturated rings. The van der Waals surface area contributed by atoms with Gasteiger partial charge in [0.25, 0.3) is 0 Å². The minimum atomic E-state index is 0. The molecule has 0 atom stereocenters. The Hall–Kier alpha value is -3.12. The molecule has 0 bridgehead atoms. The predicted molar refractivity (Wildman–Crippen MR) is 167 cm³/mol. The van der Waals surface area contributed by atoms with Crippen LogP contribution in [0.5, 0.6) is 0 Å². The quantitative estimate of drug-likeness (QED) is 0.159. The fraction of sp³-hybridized carbons (Fsp3) is 0.278. The van der Waals surface area contributed by atoms with Crippen molar-refractivity contribution in [2.24, 2.45) is 9.98 Å².